The third-order valence-electron chi connectivity index (χ3n) is 2.95. The van der Waals surface area contributed by atoms with Crippen molar-refractivity contribution in [1.82, 2.24) is 10.2 Å². The lowest BCUT2D eigenvalue weighted by Gasteiger charge is -2.20. The van der Waals surface area contributed by atoms with E-state index < -0.39 is 0 Å². The van der Waals surface area contributed by atoms with Gasteiger partial charge in [-0.15, -0.1) is 0 Å². The average Bonchev–Trinajstić information content (AvgIpc) is 2.40. The van der Waals surface area contributed by atoms with E-state index in [-0.39, 0.29) is 0 Å². The minimum absolute atomic E-state index is 0.445. The Morgan fingerprint density at radius 3 is 2.36 bits per heavy atom. The lowest BCUT2D eigenvalue weighted by atomic mass is 10.0. The quantitative estimate of drug-likeness (QED) is 0.557. The van der Waals surface area contributed by atoms with Crippen LogP contribution in [0.25, 0.3) is 0 Å². The first-order valence-electron chi connectivity index (χ1n) is 4.40. The van der Waals surface area contributed by atoms with E-state index in [1.807, 2.05) is 0 Å². The molecule has 2 aliphatic heterocycles. The summed E-state index contributed by atoms with van der Waals surface area (Å²) in [5.74, 6) is 1.81. The molecule has 0 aliphatic carbocycles. The van der Waals surface area contributed by atoms with Gasteiger partial charge >= 0.3 is 0 Å². The van der Waals surface area contributed by atoms with E-state index >= 15 is 0 Å². The molecule has 0 aromatic rings. The number of rotatable bonds is 1. The highest BCUT2D eigenvalue weighted by Crippen LogP contribution is 2.28. The summed E-state index contributed by atoms with van der Waals surface area (Å²) in [4.78, 5) is 2.47. The molecule has 11 heavy (non-hydrogen) atoms. The molecule has 1 N–H and O–H groups in total. The van der Waals surface area contributed by atoms with Crippen LogP contribution >= 0.6 is 12.6 Å². The molecule has 2 heterocycles. The molecule has 3 atom stereocenters. The molecule has 0 spiro atoms. The van der Waals surface area contributed by atoms with Crippen molar-refractivity contribution >= 4 is 12.6 Å². The van der Waals surface area contributed by atoms with Crippen LogP contribution in [-0.4, -0.2) is 36.5 Å². The maximum Gasteiger partial charge on any atom is 0.0499 e. The molecule has 0 saturated carbocycles. The van der Waals surface area contributed by atoms with Crippen molar-refractivity contribution in [3.8, 4) is 0 Å². The molecule has 2 rings (SSSR count). The number of nitrogens with one attached hydrogen (secondary N) is 1. The van der Waals surface area contributed by atoms with Crippen molar-refractivity contribution in [3.05, 3.63) is 0 Å². The molecular formula is C8H16N2S. The highest BCUT2D eigenvalue weighted by molar-refractivity contribution is 7.80. The van der Waals surface area contributed by atoms with Crippen LogP contribution in [0.5, 0.6) is 0 Å². The predicted molar refractivity (Wildman–Crippen MR) is 49.9 cm³/mol. The SMILES string of the molecule is CC(S)N1CC2CNCC2C1. The Balaban J connectivity index is 1.94. The number of hydrogen-bond donors (Lipinski definition) is 2. The Morgan fingerprint density at radius 1 is 1.36 bits per heavy atom. The lowest BCUT2D eigenvalue weighted by Crippen LogP contribution is -2.30. The van der Waals surface area contributed by atoms with E-state index in [4.69, 9.17) is 0 Å². The molecule has 0 bridgehead atoms. The summed E-state index contributed by atoms with van der Waals surface area (Å²) in [6.07, 6.45) is 0. The second-order valence-electron chi connectivity index (χ2n) is 3.76. The molecule has 2 saturated heterocycles. The highest BCUT2D eigenvalue weighted by Gasteiger charge is 2.36. The van der Waals surface area contributed by atoms with Crippen LogP contribution in [0.2, 0.25) is 0 Å². The molecule has 0 aromatic carbocycles. The largest absolute Gasteiger partial charge is 0.316 e. The lowest BCUT2D eigenvalue weighted by molar-refractivity contribution is 0.308. The summed E-state index contributed by atoms with van der Waals surface area (Å²) in [6, 6.07) is 0. The van der Waals surface area contributed by atoms with Crippen LogP contribution in [0.4, 0.5) is 0 Å². The summed E-state index contributed by atoms with van der Waals surface area (Å²) in [7, 11) is 0. The fraction of sp³-hybridized carbons (Fsp3) is 1.00. The van der Waals surface area contributed by atoms with Gasteiger partial charge in [0.05, 0.1) is 0 Å². The molecule has 2 fully saturated rings. The predicted octanol–water partition coefficient (Wildman–Crippen LogP) is 0.413. The molecular weight excluding hydrogens is 156 g/mol. The van der Waals surface area contributed by atoms with Crippen molar-refractivity contribution in [2.24, 2.45) is 11.8 Å². The molecule has 3 heteroatoms. The smallest absolute Gasteiger partial charge is 0.0499 e. The van der Waals surface area contributed by atoms with Gasteiger partial charge in [-0.3, -0.25) is 4.90 Å². The maximum atomic E-state index is 4.44. The van der Waals surface area contributed by atoms with Crippen molar-refractivity contribution < 1.29 is 0 Å². The minimum atomic E-state index is 0.445. The second-order valence-corrected chi connectivity index (χ2v) is 4.51. The average molecular weight is 172 g/mol. The monoisotopic (exact) mass is 172 g/mol. The van der Waals surface area contributed by atoms with E-state index in [0.29, 0.717) is 5.37 Å². The topological polar surface area (TPSA) is 15.3 Å². The van der Waals surface area contributed by atoms with Gasteiger partial charge < -0.3 is 5.32 Å². The van der Waals surface area contributed by atoms with Gasteiger partial charge in [0.1, 0.15) is 0 Å². The van der Waals surface area contributed by atoms with Crippen LogP contribution in [0.1, 0.15) is 6.92 Å². The second kappa shape index (κ2) is 2.96. The molecule has 3 unspecified atom stereocenters. The van der Waals surface area contributed by atoms with Crippen molar-refractivity contribution in [1.29, 1.82) is 0 Å². The Hall–Kier alpha value is 0.270. The zero-order chi connectivity index (χ0) is 7.84. The van der Waals surface area contributed by atoms with E-state index in [1.165, 1.54) is 26.2 Å². The third kappa shape index (κ3) is 1.42. The molecule has 2 aliphatic rings. The summed E-state index contributed by atoms with van der Waals surface area (Å²) in [5, 5.41) is 3.88. The van der Waals surface area contributed by atoms with Gasteiger partial charge in [-0.1, -0.05) is 0 Å². The van der Waals surface area contributed by atoms with Gasteiger partial charge in [-0.25, -0.2) is 0 Å². The van der Waals surface area contributed by atoms with Crippen LogP contribution in [-0.2, 0) is 0 Å². The Bertz CT molecular complexity index is 137. The fourth-order valence-corrected chi connectivity index (χ4v) is 2.39. The fourth-order valence-electron chi connectivity index (χ4n) is 2.20. The molecule has 0 amide bonds. The summed E-state index contributed by atoms with van der Waals surface area (Å²) < 4.78 is 0. The highest BCUT2D eigenvalue weighted by atomic mass is 32.1. The number of fused-ring (bicyclic) bond motifs is 1. The molecule has 0 aromatic heterocycles. The minimum Gasteiger partial charge on any atom is -0.316 e. The van der Waals surface area contributed by atoms with Gasteiger partial charge in [-0.2, -0.15) is 12.6 Å². The van der Waals surface area contributed by atoms with Crippen molar-refractivity contribution in [2.45, 2.75) is 12.3 Å². The van der Waals surface area contributed by atoms with Crippen molar-refractivity contribution in [2.75, 3.05) is 26.2 Å². The van der Waals surface area contributed by atoms with Crippen molar-refractivity contribution in [3.63, 3.8) is 0 Å². The third-order valence-corrected chi connectivity index (χ3v) is 3.27. The van der Waals surface area contributed by atoms with Crippen LogP contribution in [0.15, 0.2) is 0 Å². The maximum absolute atomic E-state index is 4.44. The van der Waals surface area contributed by atoms with Gasteiger partial charge in [-0.05, 0) is 31.8 Å². The van der Waals surface area contributed by atoms with Crippen LogP contribution < -0.4 is 5.32 Å². The van der Waals surface area contributed by atoms with Crippen LogP contribution in [0.3, 0.4) is 0 Å². The molecule has 0 radical (unpaired) electrons. The molecule has 64 valence electrons. The standard InChI is InChI=1S/C8H16N2S/c1-6(11)10-4-7-2-9-3-8(7)5-10/h6-9,11H,2-5H2,1H3. The van der Waals surface area contributed by atoms with E-state index in [0.717, 1.165) is 11.8 Å². The summed E-state index contributed by atoms with van der Waals surface area (Å²) in [6.45, 7) is 7.12. The zero-order valence-electron chi connectivity index (χ0n) is 6.95. The Labute approximate surface area is 73.7 Å². The number of nitrogens with zero attached hydrogens (tertiary/aromatic N) is 1. The van der Waals surface area contributed by atoms with Gasteiger partial charge in [0.15, 0.2) is 0 Å². The summed E-state index contributed by atoms with van der Waals surface area (Å²) >= 11 is 4.44. The first-order valence-corrected chi connectivity index (χ1v) is 4.92. The van der Waals surface area contributed by atoms with E-state index in [1.54, 1.807) is 0 Å². The van der Waals surface area contributed by atoms with Crippen LogP contribution in [0, 0.1) is 11.8 Å². The van der Waals surface area contributed by atoms with E-state index in [2.05, 4.69) is 29.8 Å². The Kier molecular flexibility index (Phi) is 2.12. The van der Waals surface area contributed by atoms with Gasteiger partial charge in [0.2, 0.25) is 0 Å². The normalized spacial score (nSPS) is 40.9. The number of thiol groups is 1. The first kappa shape index (κ1) is 7.90. The molecule has 2 nitrogen and oxygen atoms in total. The number of hydrogen-bond acceptors (Lipinski definition) is 3. The Morgan fingerprint density at radius 2 is 1.91 bits per heavy atom. The van der Waals surface area contributed by atoms with Gasteiger partial charge in [0, 0.05) is 18.5 Å². The van der Waals surface area contributed by atoms with E-state index in [9.17, 15) is 0 Å². The zero-order valence-corrected chi connectivity index (χ0v) is 7.85. The van der Waals surface area contributed by atoms with Gasteiger partial charge in [0.25, 0.3) is 0 Å². The summed E-state index contributed by atoms with van der Waals surface area (Å²) in [5.41, 5.74) is 0. The first-order chi connectivity index (χ1) is 5.27. The number of likely N-dealkylation sites (tertiary alicyclic amines) is 1.